The smallest absolute Gasteiger partial charge is 0.417 e. The number of aromatic nitrogens is 2. The Bertz CT molecular complexity index is 735. The van der Waals surface area contributed by atoms with Crippen molar-refractivity contribution in [1.29, 1.82) is 0 Å². The lowest BCUT2D eigenvalue weighted by Gasteiger charge is -2.14. The van der Waals surface area contributed by atoms with Gasteiger partial charge in [0.2, 0.25) is 5.88 Å². The lowest BCUT2D eigenvalue weighted by Crippen LogP contribution is -2.15. The van der Waals surface area contributed by atoms with Crippen LogP contribution in [0, 0.1) is 0 Å². The number of amides is 1. The summed E-state index contributed by atoms with van der Waals surface area (Å²) in [4.78, 5) is 18.7. The zero-order valence-electron chi connectivity index (χ0n) is 11.1. The van der Waals surface area contributed by atoms with E-state index in [1.54, 1.807) is 0 Å². The second kappa shape index (κ2) is 5.80. The summed E-state index contributed by atoms with van der Waals surface area (Å²) in [6.45, 7) is 0. The van der Waals surface area contributed by atoms with E-state index in [-0.39, 0.29) is 22.3 Å². The molecule has 2 rings (SSSR count). The molecule has 0 bridgehead atoms. The SMILES string of the molecule is COc1nc(-c2c(Cl)cccc2C(F)(F)F)ncc1C(N)=O. The van der Waals surface area contributed by atoms with Crippen LogP contribution in [-0.2, 0) is 6.18 Å². The van der Waals surface area contributed by atoms with Crippen molar-refractivity contribution in [2.45, 2.75) is 6.18 Å². The van der Waals surface area contributed by atoms with E-state index in [0.717, 1.165) is 12.3 Å². The number of hydrogen-bond acceptors (Lipinski definition) is 4. The molecule has 0 spiro atoms. The van der Waals surface area contributed by atoms with Crippen molar-refractivity contribution in [3.05, 3.63) is 40.5 Å². The molecule has 2 N–H and O–H groups in total. The van der Waals surface area contributed by atoms with E-state index < -0.39 is 23.2 Å². The number of benzene rings is 1. The third-order valence-corrected chi connectivity index (χ3v) is 3.07. The van der Waals surface area contributed by atoms with Gasteiger partial charge in [-0.2, -0.15) is 18.2 Å². The molecule has 1 aromatic heterocycles. The number of alkyl halides is 3. The third-order valence-electron chi connectivity index (χ3n) is 2.76. The average molecular weight is 332 g/mol. The summed E-state index contributed by atoms with van der Waals surface area (Å²) in [5, 5.41) is -0.177. The Balaban J connectivity index is 2.70. The van der Waals surface area contributed by atoms with E-state index in [1.807, 2.05) is 0 Å². The van der Waals surface area contributed by atoms with E-state index in [4.69, 9.17) is 22.1 Å². The minimum Gasteiger partial charge on any atom is -0.480 e. The van der Waals surface area contributed by atoms with E-state index in [1.165, 1.54) is 19.2 Å². The van der Waals surface area contributed by atoms with Gasteiger partial charge in [-0.05, 0) is 12.1 Å². The van der Waals surface area contributed by atoms with Crippen molar-refractivity contribution in [3.8, 4) is 17.3 Å². The molecule has 0 atom stereocenters. The molecule has 5 nitrogen and oxygen atoms in total. The number of primary amides is 1. The van der Waals surface area contributed by atoms with Crippen molar-refractivity contribution in [3.63, 3.8) is 0 Å². The number of hydrogen-bond donors (Lipinski definition) is 1. The molecule has 116 valence electrons. The van der Waals surface area contributed by atoms with Crippen molar-refractivity contribution in [2.75, 3.05) is 7.11 Å². The fourth-order valence-electron chi connectivity index (χ4n) is 1.80. The predicted octanol–water partition coefficient (Wildman–Crippen LogP) is 2.92. The lowest BCUT2D eigenvalue weighted by atomic mass is 10.1. The van der Waals surface area contributed by atoms with Gasteiger partial charge in [0.15, 0.2) is 5.82 Å². The number of halogens is 4. The first-order valence-corrected chi connectivity index (χ1v) is 6.20. The molecule has 0 fully saturated rings. The monoisotopic (exact) mass is 331 g/mol. The number of carbonyl (C=O) groups is 1. The van der Waals surface area contributed by atoms with Gasteiger partial charge < -0.3 is 10.5 Å². The standard InChI is InChI=1S/C13H9ClF3N3O2/c1-22-12-6(10(18)21)5-19-11(20-12)9-7(13(15,16)17)3-2-4-8(9)14/h2-5H,1H3,(H2,18,21). The molecule has 22 heavy (non-hydrogen) atoms. The molecule has 0 aliphatic carbocycles. The van der Waals surface area contributed by atoms with Crippen molar-refractivity contribution in [1.82, 2.24) is 9.97 Å². The van der Waals surface area contributed by atoms with Crippen molar-refractivity contribution < 1.29 is 22.7 Å². The summed E-state index contributed by atoms with van der Waals surface area (Å²) in [5.74, 6) is -1.41. The van der Waals surface area contributed by atoms with Gasteiger partial charge in [0.25, 0.3) is 5.91 Å². The highest BCUT2D eigenvalue weighted by Crippen LogP contribution is 2.40. The Morgan fingerprint density at radius 3 is 2.59 bits per heavy atom. The Hall–Kier alpha value is -2.35. The van der Waals surface area contributed by atoms with E-state index in [2.05, 4.69) is 9.97 Å². The third kappa shape index (κ3) is 2.96. The quantitative estimate of drug-likeness (QED) is 0.938. The predicted molar refractivity (Wildman–Crippen MR) is 72.5 cm³/mol. The van der Waals surface area contributed by atoms with E-state index in [0.29, 0.717) is 0 Å². The zero-order chi connectivity index (χ0) is 16.5. The highest BCUT2D eigenvalue weighted by Gasteiger charge is 2.35. The molecule has 0 unspecified atom stereocenters. The summed E-state index contributed by atoms with van der Waals surface area (Å²) < 4.78 is 44.1. The van der Waals surface area contributed by atoms with Crippen LogP contribution >= 0.6 is 11.6 Å². The minimum atomic E-state index is -4.64. The first kappa shape index (κ1) is 16.0. The van der Waals surface area contributed by atoms with Gasteiger partial charge in [0.05, 0.1) is 23.3 Å². The summed E-state index contributed by atoms with van der Waals surface area (Å²) >= 11 is 5.86. The van der Waals surface area contributed by atoms with Gasteiger partial charge in [0.1, 0.15) is 5.56 Å². The van der Waals surface area contributed by atoms with E-state index >= 15 is 0 Å². The number of carbonyl (C=O) groups excluding carboxylic acids is 1. The molecule has 0 radical (unpaired) electrons. The Labute approximate surface area is 127 Å². The molecule has 2 aromatic rings. The van der Waals surface area contributed by atoms with Crippen LogP contribution in [0.25, 0.3) is 11.4 Å². The van der Waals surface area contributed by atoms with Crippen LogP contribution in [0.15, 0.2) is 24.4 Å². The van der Waals surface area contributed by atoms with E-state index in [9.17, 15) is 18.0 Å². The first-order valence-electron chi connectivity index (χ1n) is 5.82. The minimum absolute atomic E-state index is 0.146. The van der Waals surface area contributed by atoms with Crippen molar-refractivity contribution in [2.24, 2.45) is 5.73 Å². The summed E-state index contributed by atoms with van der Waals surface area (Å²) in [7, 11) is 1.20. The van der Waals surface area contributed by atoms with Crippen LogP contribution in [0.4, 0.5) is 13.2 Å². The number of nitrogens with zero attached hydrogens (tertiary/aromatic N) is 2. The van der Waals surface area contributed by atoms with Gasteiger partial charge in [-0.25, -0.2) is 4.98 Å². The van der Waals surface area contributed by atoms with Crippen LogP contribution in [0.3, 0.4) is 0 Å². The second-order valence-corrected chi connectivity index (χ2v) is 4.55. The summed E-state index contributed by atoms with van der Waals surface area (Å²) in [6, 6.07) is 3.31. The number of nitrogens with two attached hydrogens (primary N) is 1. The fraction of sp³-hybridized carbons (Fsp3) is 0.154. The summed E-state index contributed by atoms with van der Waals surface area (Å²) in [6.07, 6.45) is -3.65. The Morgan fingerprint density at radius 1 is 1.36 bits per heavy atom. The van der Waals surface area contributed by atoms with Crippen LogP contribution in [-0.4, -0.2) is 23.0 Å². The van der Waals surface area contributed by atoms with Crippen LogP contribution < -0.4 is 10.5 Å². The molecule has 1 aromatic carbocycles. The maximum absolute atomic E-state index is 13.1. The Morgan fingerprint density at radius 2 is 2.05 bits per heavy atom. The normalized spacial score (nSPS) is 11.3. The average Bonchev–Trinajstić information content (AvgIpc) is 2.45. The molecule has 0 saturated carbocycles. The van der Waals surface area contributed by atoms with Crippen molar-refractivity contribution >= 4 is 17.5 Å². The molecule has 1 heterocycles. The number of methoxy groups -OCH3 is 1. The van der Waals surface area contributed by atoms with Crippen LogP contribution in [0.2, 0.25) is 5.02 Å². The topological polar surface area (TPSA) is 78.1 Å². The van der Waals surface area contributed by atoms with Gasteiger partial charge in [0, 0.05) is 6.20 Å². The molecule has 0 aliphatic rings. The molecule has 9 heteroatoms. The Kier molecular flexibility index (Phi) is 4.23. The highest BCUT2D eigenvalue weighted by atomic mass is 35.5. The lowest BCUT2D eigenvalue weighted by molar-refractivity contribution is -0.137. The number of rotatable bonds is 3. The molecule has 0 saturated heterocycles. The maximum Gasteiger partial charge on any atom is 0.417 e. The first-order chi connectivity index (χ1) is 10.3. The maximum atomic E-state index is 13.1. The summed E-state index contributed by atoms with van der Waals surface area (Å²) in [5.41, 5.74) is 3.57. The second-order valence-electron chi connectivity index (χ2n) is 4.14. The molecular weight excluding hydrogens is 323 g/mol. The number of ether oxygens (including phenoxy) is 1. The largest absolute Gasteiger partial charge is 0.480 e. The highest BCUT2D eigenvalue weighted by molar-refractivity contribution is 6.33. The molecule has 0 aliphatic heterocycles. The van der Waals surface area contributed by atoms with Gasteiger partial charge in [-0.3, -0.25) is 4.79 Å². The van der Waals surface area contributed by atoms with Gasteiger partial charge >= 0.3 is 6.18 Å². The van der Waals surface area contributed by atoms with Crippen LogP contribution in [0.5, 0.6) is 5.88 Å². The molecular formula is C13H9ClF3N3O2. The molecule has 1 amide bonds. The van der Waals surface area contributed by atoms with Gasteiger partial charge in [-0.1, -0.05) is 17.7 Å². The van der Waals surface area contributed by atoms with Gasteiger partial charge in [-0.15, -0.1) is 0 Å². The zero-order valence-corrected chi connectivity index (χ0v) is 11.9. The fourth-order valence-corrected chi connectivity index (χ4v) is 2.06. The van der Waals surface area contributed by atoms with Crippen LogP contribution in [0.1, 0.15) is 15.9 Å².